The molecule has 2 aromatic rings. The lowest BCUT2D eigenvalue weighted by Crippen LogP contribution is -2.30. The number of aromatic nitrogens is 2. The Morgan fingerprint density at radius 1 is 1.19 bits per heavy atom. The molecule has 0 saturated carbocycles. The van der Waals surface area contributed by atoms with Crippen molar-refractivity contribution in [3.05, 3.63) is 41.2 Å². The minimum atomic E-state index is -0.0311. The van der Waals surface area contributed by atoms with Gasteiger partial charge in [0.1, 0.15) is 0 Å². The van der Waals surface area contributed by atoms with Gasteiger partial charge < -0.3 is 19.7 Å². The quantitative estimate of drug-likeness (QED) is 0.729. The number of amides is 2. The molecule has 2 amide bonds. The first-order valence-electron chi connectivity index (χ1n) is 10.8. The van der Waals surface area contributed by atoms with E-state index in [0.717, 1.165) is 30.6 Å². The molecule has 0 unspecified atom stereocenters. The van der Waals surface area contributed by atoms with Crippen LogP contribution in [-0.2, 0) is 29.0 Å². The number of hydrogen-bond acceptors (Lipinski definition) is 5. The Bertz CT molecular complexity index is 970. The van der Waals surface area contributed by atoms with Gasteiger partial charge >= 0.3 is 0 Å². The fourth-order valence-electron chi connectivity index (χ4n) is 4.74. The lowest BCUT2D eigenvalue weighted by molar-refractivity contribution is -0.129. The number of rotatable bonds is 7. The summed E-state index contributed by atoms with van der Waals surface area (Å²) in [6.07, 6.45) is 4.52. The van der Waals surface area contributed by atoms with Crippen LogP contribution in [0.1, 0.15) is 36.1 Å². The number of likely N-dealkylation sites (tertiary alicyclic amines) is 1. The number of carbonyl (C=O) groups is 2. The molecule has 8 nitrogen and oxygen atoms in total. The van der Waals surface area contributed by atoms with Crippen molar-refractivity contribution < 1.29 is 19.1 Å². The van der Waals surface area contributed by atoms with Gasteiger partial charge in [-0.3, -0.25) is 14.3 Å². The Balaban J connectivity index is 1.41. The molecule has 1 N–H and O–H groups in total. The van der Waals surface area contributed by atoms with Crippen molar-refractivity contribution in [1.82, 2.24) is 20.0 Å². The monoisotopic (exact) mass is 426 g/mol. The maximum absolute atomic E-state index is 13.0. The summed E-state index contributed by atoms with van der Waals surface area (Å²) >= 11 is 0. The summed E-state index contributed by atoms with van der Waals surface area (Å²) in [5, 5.41) is 7.62. The van der Waals surface area contributed by atoms with Gasteiger partial charge in [-0.2, -0.15) is 5.10 Å². The van der Waals surface area contributed by atoms with Crippen LogP contribution in [0.15, 0.2) is 24.4 Å². The molecule has 1 aliphatic carbocycles. The highest BCUT2D eigenvalue weighted by Crippen LogP contribution is 2.41. The van der Waals surface area contributed by atoms with Crippen LogP contribution in [0.25, 0.3) is 0 Å². The van der Waals surface area contributed by atoms with Gasteiger partial charge in [-0.1, -0.05) is 6.07 Å². The molecule has 1 aliphatic heterocycles. The number of nitrogens with one attached hydrogen (secondary N) is 1. The van der Waals surface area contributed by atoms with Crippen molar-refractivity contribution in [3.8, 4) is 11.5 Å². The number of hydrogen-bond donors (Lipinski definition) is 1. The fourth-order valence-corrected chi connectivity index (χ4v) is 4.74. The number of ether oxygens (including phenoxy) is 2. The second-order valence-corrected chi connectivity index (χ2v) is 8.36. The van der Waals surface area contributed by atoms with Crippen molar-refractivity contribution >= 4 is 11.8 Å². The lowest BCUT2D eigenvalue weighted by Gasteiger charge is -2.22. The molecular formula is C23H30N4O4. The average molecular weight is 427 g/mol. The number of aryl methyl sites for hydroxylation is 1. The molecule has 4 rings (SSSR count). The largest absolute Gasteiger partial charge is 0.493 e. The second-order valence-electron chi connectivity index (χ2n) is 8.36. The summed E-state index contributed by atoms with van der Waals surface area (Å²) < 4.78 is 12.6. The van der Waals surface area contributed by atoms with Crippen LogP contribution >= 0.6 is 0 Å². The molecule has 31 heavy (non-hydrogen) atoms. The van der Waals surface area contributed by atoms with Gasteiger partial charge in [0, 0.05) is 38.7 Å². The Kier molecular flexibility index (Phi) is 6.15. The van der Waals surface area contributed by atoms with Crippen LogP contribution in [0.3, 0.4) is 0 Å². The van der Waals surface area contributed by atoms with E-state index in [0.29, 0.717) is 49.4 Å². The van der Waals surface area contributed by atoms with Gasteiger partial charge in [0.25, 0.3) is 0 Å². The standard InChI is InChI=1S/C23H30N4O4/c1-15(28)24-8-9-27-13-18-6-5-17-12-26(14-19(17)23(18)25-27)22(29)11-16-4-7-20(30-2)21(10-16)31-3/h4,7,10,13,17,19H,5-6,8-9,11-12,14H2,1-3H3,(H,24,28)/t17-,19+/m1/s1. The molecule has 1 aromatic heterocycles. The molecule has 2 atom stereocenters. The number of fused-ring (bicyclic) bond motifs is 3. The highest BCUT2D eigenvalue weighted by atomic mass is 16.5. The van der Waals surface area contributed by atoms with Crippen LogP contribution in [0, 0.1) is 5.92 Å². The molecule has 8 heteroatoms. The van der Waals surface area contributed by atoms with Gasteiger partial charge in [0.05, 0.1) is 32.9 Å². The van der Waals surface area contributed by atoms with E-state index in [2.05, 4.69) is 11.5 Å². The summed E-state index contributed by atoms with van der Waals surface area (Å²) in [5.74, 6) is 2.15. The number of carbonyl (C=O) groups excluding carboxylic acids is 2. The van der Waals surface area contributed by atoms with Crippen LogP contribution in [0.2, 0.25) is 0 Å². The van der Waals surface area contributed by atoms with Crippen molar-refractivity contribution in [2.45, 2.75) is 38.6 Å². The highest BCUT2D eigenvalue weighted by molar-refractivity contribution is 5.79. The predicted molar refractivity (Wildman–Crippen MR) is 115 cm³/mol. The van der Waals surface area contributed by atoms with Crippen molar-refractivity contribution in [2.75, 3.05) is 33.9 Å². The third kappa shape index (κ3) is 4.52. The summed E-state index contributed by atoms with van der Waals surface area (Å²) in [6.45, 7) is 4.25. The maximum Gasteiger partial charge on any atom is 0.227 e. The first-order valence-corrected chi connectivity index (χ1v) is 10.8. The molecular weight excluding hydrogens is 396 g/mol. The number of benzene rings is 1. The predicted octanol–water partition coefficient (Wildman–Crippen LogP) is 1.77. The van der Waals surface area contributed by atoms with Crippen LogP contribution in [0.4, 0.5) is 0 Å². The van der Waals surface area contributed by atoms with E-state index >= 15 is 0 Å². The van der Waals surface area contributed by atoms with Gasteiger partial charge in [0.15, 0.2) is 11.5 Å². The molecule has 0 spiro atoms. The molecule has 2 heterocycles. The van der Waals surface area contributed by atoms with Crippen LogP contribution < -0.4 is 14.8 Å². The average Bonchev–Trinajstić information content (AvgIpc) is 3.37. The zero-order valence-corrected chi connectivity index (χ0v) is 18.4. The normalized spacial score (nSPS) is 19.5. The van der Waals surface area contributed by atoms with E-state index in [4.69, 9.17) is 14.6 Å². The second kappa shape index (κ2) is 8.99. The van der Waals surface area contributed by atoms with Crippen molar-refractivity contribution in [2.24, 2.45) is 5.92 Å². The topological polar surface area (TPSA) is 85.7 Å². The minimum absolute atomic E-state index is 0.0311. The van der Waals surface area contributed by atoms with Crippen molar-refractivity contribution in [3.63, 3.8) is 0 Å². The molecule has 1 fully saturated rings. The maximum atomic E-state index is 13.0. The summed E-state index contributed by atoms with van der Waals surface area (Å²) in [4.78, 5) is 26.1. The van der Waals surface area contributed by atoms with Gasteiger partial charge in [-0.05, 0) is 42.0 Å². The van der Waals surface area contributed by atoms with Crippen molar-refractivity contribution in [1.29, 1.82) is 0 Å². The summed E-state index contributed by atoms with van der Waals surface area (Å²) in [5.41, 5.74) is 3.32. The first-order chi connectivity index (χ1) is 15.0. The Hall–Kier alpha value is -3.03. The summed E-state index contributed by atoms with van der Waals surface area (Å²) in [7, 11) is 3.20. The van der Waals surface area contributed by atoms with Gasteiger partial charge in [0.2, 0.25) is 11.8 Å². The van der Waals surface area contributed by atoms with E-state index in [9.17, 15) is 9.59 Å². The van der Waals surface area contributed by atoms with E-state index < -0.39 is 0 Å². The number of methoxy groups -OCH3 is 2. The minimum Gasteiger partial charge on any atom is -0.493 e. The number of nitrogens with zero attached hydrogens (tertiary/aromatic N) is 3. The zero-order chi connectivity index (χ0) is 22.0. The smallest absolute Gasteiger partial charge is 0.227 e. The third-order valence-corrected chi connectivity index (χ3v) is 6.32. The van der Waals surface area contributed by atoms with E-state index in [1.54, 1.807) is 14.2 Å². The fraction of sp³-hybridized carbons (Fsp3) is 0.522. The van der Waals surface area contributed by atoms with E-state index in [-0.39, 0.29) is 11.8 Å². The molecule has 166 valence electrons. The highest BCUT2D eigenvalue weighted by Gasteiger charge is 2.40. The van der Waals surface area contributed by atoms with E-state index in [1.807, 2.05) is 27.8 Å². The van der Waals surface area contributed by atoms with Crippen LogP contribution in [0.5, 0.6) is 11.5 Å². The van der Waals surface area contributed by atoms with Gasteiger partial charge in [-0.25, -0.2) is 0 Å². The molecule has 1 saturated heterocycles. The Morgan fingerprint density at radius 2 is 2.00 bits per heavy atom. The summed E-state index contributed by atoms with van der Waals surface area (Å²) in [6, 6.07) is 5.62. The van der Waals surface area contributed by atoms with Gasteiger partial charge in [-0.15, -0.1) is 0 Å². The molecule has 0 bridgehead atoms. The van der Waals surface area contributed by atoms with E-state index in [1.165, 1.54) is 12.5 Å². The van der Waals surface area contributed by atoms with Crippen LogP contribution in [-0.4, -0.2) is 60.3 Å². The molecule has 2 aliphatic rings. The SMILES string of the molecule is COc1ccc(CC(=O)N2C[C@H]3CCc4cn(CCNC(C)=O)nc4[C@H]3C2)cc1OC. The third-order valence-electron chi connectivity index (χ3n) is 6.32. The lowest BCUT2D eigenvalue weighted by atomic mass is 9.81. The Morgan fingerprint density at radius 3 is 2.74 bits per heavy atom. The zero-order valence-electron chi connectivity index (χ0n) is 18.4. The molecule has 1 aromatic carbocycles. The molecule has 0 radical (unpaired) electrons. The first kappa shape index (κ1) is 21.2. The Labute approximate surface area is 182 Å².